The van der Waals surface area contributed by atoms with E-state index in [2.05, 4.69) is 10.3 Å². The van der Waals surface area contributed by atoms with Gasteiger partial charge in [0.05, 0.1) is 5.02 Å². The van der Waals surface area contributed by atoms with Gasteiger partial charge in [-0.1, -0.05) is 29.8 Å². The summed E-state index contributed by atoms with van der Waals surface area (Å²) in [5.41, 5.74) is -0.320. The summed E-state index contributed by atoms with van der Waals surface area (Å²) in [6.45, 7) is 0. The van der Waals surface area contributed by atoms with Gasteiger partial charge in [-0.25, -0.2) is 0 Å². The minimum atomic E-state index is -1.75. The molecule has 0 fully saturated rings. The Hall–Kier alpha value is -1.91. The number of aliphatic hydroxyl groups is 1. The van der Waals surface area contributed by atoms with E-state index in [9.17, 15) is 9.90 Å². The zero-order valence-electron chi connectivity index (χ0n) is 9.22. The topological polar surface area (TPSA) is 62.2 Å². The minimum absolute atomic E-state index is 0.256. The first-order chi connectivity index (χ1) is 8.64. The molecule has 2 aromatic rings. The van der Waals surface area contributed by atoms with Crippen molar-refractivity contribution in [2.24, 2.45) is 0 Å². The highest BCUT2D eigenvalue weighted by molar-refractivity contribution is 6.32. The van der Waals surface area contributed by atoms with E-state index in [4.69, 9.17) is 11.6 Å². The lowest BCUT2D eigenvalue weighted by molar-refractivity contribution is -0.129. The van der Waals surface area contributed by atoms with Crippen LogP contribution in [0.2, 0.25) is 5.02 Å². The van der Waals surface area contributed by atoms with Gasteiger partial charge in [0.25, 0.3) is 5.91 Å². The summed E-state index contributed by atoms with van der Waals surface area (Å²) < 4.78 is 0. The number of nitrogens with one attached hydrogen (secondary N) is 1. The summed E-state index contributed by atoms with van der Waals surface area (Å²) in [6, 6.07) is 8.53. The van der Waals surface area contributed by atoms with E-state index in [1.165, 1.54) is 12.4 Å². The van der Waals surface area contributed by atoms with Crippen molar-refractivity contribution in [3.8, 4) is 0 Å². The number of fused-ring (bicyclic) bond motifs is 1. The molecule has 2 heterocycles. The number of hydrogen-bond donors (Lipinski definition) is 2. The Morgan fingerprint density at radius 2 is 2.00 bits per heavy atom. The Morgan fingerprint density at radius 3 is 2.78 bits per heavy atom. The molecule has 0 spiro atoms. The fourth-order valence-corrected chi connectivity index (χ4v) is 2.43. The Labute approximate surface area is 108 Å². The summed E-state index contributed by atoms with van der Waals surface area (Å²) in [6.07, 6.45) is 2.90. The summed E-state index contributed by atoms with van der Waals surface area (Å²) in [5, 5.41) is 13.6. The molecule has 5 heteroatoms. The predicted molar refractivity (Wildman–Crippen MR) is 67.3 cm³/mol. The highest BCUT2D eigenvalue weighted by Gasteiger charge is 2.47. The molecule has 3 rings (SSSR count). The molecule has 1 aliphatic heterocycles. The van der Waals surface area contributed by atoms with Gasteiger partial charge in [-0.05, 0) is 12.1 Å². The molecule has 18 heavy (non-hydrogen) atoms. The van der Waals surface area contributed by atoms with Crippen molar-refractivity contribution in [3.05, 3.63) is 58.9 Å². The van der Waals surface area contributed by atoms with E-state index in [0.717, 1.165) is 0 Å². The van der Waals surface area contributed by atoms with Crippen LogP contribution in [0.5, 0.6) is 0 Å². The lowest BCUT2D eigenvalue weighted by Gasteiger charge is -2.22. The fraction of sp³-hybridized carbons (Fsp3) is 0.0769. The lowest BCUT2D eigenvalue weighted by Crippen LogP contribution is -2.35. The van der Waals surface area contributed by atoms with Crippen molar-refractivity contribution in [2.75, 3.05) is 5.32 Å². The maximum absolute atomic E-state index is 12.1. The van der Waals surface area contributed by atoms with Gasteiger partial charge >= 0.3 is 0 Å². The Morgan fingerprint density at radius 1 is 1.22 bits per heavy atom. The molecule has 4 nitrogen and oxygen atoms in total. The van der Waals surface area contributed by atoms with Gasteiger partial charge in [0.2, 0.25) is 0 Å². The van der Waals surface area contributed by atoms with Crippen molar-refractivity contribution >= 4 is 23.2 Å². The van der Waals surface area contributed by atoms with Gasteiger partial charge in [0, 0.05) is 29.2 Å². The molecule has 1 atom stereocenters. The molecule has 0 aliphatic carbocycles. The molecule has 1 aromatic heterocycles. The number of rotatable bonds is 1. The van der Waals surface area contributed by atoms with Gasteiger partial charge in [-0.2, -0.15) is 0 Å². The summed E-state index contributed by atoms with van der Waals surface area (Å²) in [7, 11) is 0. The normalized spacial score (nSPS) is 21.6. The maximum Gasteiger partial charge on any atom is 0.265 e. The van der Waals surface area contributed by atoms with Gasteiger partial charge < -0.3 is 10.4 Å². The Balaban J connectivity index is 2.27. The molecule has 0 saturated heterocycles. The Kier molecular flexibility index (Phi) is 2.36. The van der Waals surface area contributed by atoms with Crippen LogP contribution in [0, 0.1) is 0 Å². The SMILES string of the molecule is O=C1Nc2ccccc2C1(O)c1ccncc1Cl. The molecule has 90 valence electrons. The molecule has 1 aliphatic rings. The van der Waals surface area contributed by atoms with Crippen LogP contribution in [0.4, 0.5) is 5.69 Å². The number of hydrogen-bond acceptors (Lipinski definition) is 3. The number of anilines is 1. The quantitative estimate of drug-likeness (QED) is 0.824. The summed E-state index contributed by atoms with van der Waals surface area (Å²) in [5.74, 6) is -0.503. The van der Waals surface area contributed by atoms with E-state index < -0.39 is 11.5 Å². The number of carbonyl (C=O) groups excluding carboxylic acids is 1. The predicted octanol–water partition coefficient (Wildman–Crippen LogP) is 1.92. The minimum Gasteiger partial charge on any atom is -0.372 e. The van der Waals surface area contributed by atoms with Crippen LogP contribution in [0.15, 0.2) is 42.7 Å². The highest BCUT2D eigenvalue weighted by Crippen LogP contribution is 2.42. The third-order valence-corrected chi connectivity index (χ3v) is 3.36. The number of nitrogens with zero attached hydrogens (tertiary/aromatic N) is 1. The largest absolute Gasteiger partial charge is 0.372 e. The standard InChI is InChI=1S/C13H9ClN2O2/c14-10-7-15-6-5-8(10)13(18)9-3-1-2-4-11(9)16-12(13)17/h1-7,18H,(H,16,17). The van der Waals surface area contributed by atoms with Crippen molar-refractivity contribution in [1.82, 2.24) is 4.98 Å². The number of para-hydroxylation sites is 1. The number of halogens is 1. The monoisotopic (exact) mass is 260 g/mol. The number of carbonyl (C=O) groups is 1. The first kappa shape index (κ1) is 11.2. The van der Waals surface area contributed by atoms with Crippen LogP contribution in [0.3, 0.4) is 0 Å². The molecule has 1 unspecified atom stereocenters. The third kappa shape index (κ3) is 1.36. The van der Waals surface area contributed by atoms with Crippen molar-refractivity contribution in [3.63, 3.8) is 0 Å². The van der Waals surface area contributed by atoms with Gasteiger partial charge in [0.15, 0.2) is 5.60 Å². The van der Waals surface area contributed by atoms with E-state index in [-0.39, 0.29) is 5.02 Å². The van der Waals surface area contributed by atoms with Crippen LogP contribution >= 0.6 is 11.6 Å². The van der Waals surface area contributed by atoms with Crippen LogP contribution in [0.1, 0.15) is 11.1 Å². The van der Waals surface area contributed by atoms with Crippen LogP contribution in [-0.2, 0) is 10.4 Å². The summed E-state index contributed by atoms with van der Waals surface area (Å²) in [4.78, 5) is 15.9. The number of aromatic nitrogens is 1. The van der Waals surface area contributed by atoms with Crippen molar-refractivity contribution in [2.45, 2.75) is 5.60 Å². The van der Waals surface area contributed by atoms with Crippen molar-refractivity contribution < 1.29 is 9.90 Å². The molecule has 0 radical (unpaired) electrons. The second-order valence-corrected chi connectivity index (χ2v) is 4.47. The average Bonchev–Trinajstić information content (AvgIpc) is 2.63. The van der Waals surface area contributed by atoms with Crippen LogP contribution in [0.25, 0.3) is 0 Å². The second-order valence-electron chi connectivity index (χ2n) is 4.07. The van der Waals surface area contributed by atoms with Crippen molar-refractivity contribution in [1.29, 1.82) is 0 Å². The lowest BCUT2D eigenvalue weighted by atomic mass is 9.88. The Bertz CT molecular complexity index is 644. The van der Waals surface area contributed by atoms with E-state index in [1.54, 1.807) is 30.3 Å². The fourth-order valence-electron chi connectivity index (χ4n) is 2.18. The molecular formula is C13H9ClN2O2. The molecule has 2 N–H and O–H groups in total. The average molecular weight is 261 g/mol. The number of benzene rings is 1. The maximum atomic E-state index is 12.1. The molecule has 0 bridgehead atoms. The number of pyridine rings is 1. The van der Waals surface area contributed by atoms with E-state index in [0.29, 0.717) is 16.8 Å². The third-order valence-electron chi connectivity index (χ3n) is 3.06. The molecule has 1 aromatic carbocycles. The second kappa shape index (κ2) is 3.80. The van der Waals surface area contributed by atoms with Crippen LogP contribution < -0.4 is 5.32 Å². The summed E-state index contributed by atoms with van der Waals surface area (Å²) >= 11 is 6.02. The first-order valence-corrected chi connectivity index (χ1v) is 5.75. The zero-order valence-corrected chi connectivity index (χ0v) is 9.98. The molecular weight excluding hydrogens is 252 g/mol. The van der Waals surface area contributed by atoms with Crippen LogP contribution in [-0.4, -0.2) is 16.0 Å². The zero-order chi connectivity index (χ0) is 12.8. The molecule has 0 saturated carbocycles. The van der Waals surface area contributed by atoms with E-state index >= 15 is 0 Å². The smallest absolute Gasteiger partial charge is 0.265 e. The first-order valence-electron chi connectivity index (χ1n) is 5.37. The van der Waals surface area contributed by atoms with Gasteiger partial charge in [-0.15, -0.1) is 0 Å². The van der Waals surface area contributed by atoms with Gasteiger partial charge in [-0.3, -0.25) is 9.78 Å². The number of amides is 1. The van der Waals surface area contributed by atoms with E-state index in [1.807, 2.05) is 0 Å². The van der Waals surface area contributed by atoms with Gasteiger partial charge in [0.1, 0.15) is 0 Å². The molecule has 1 amide bonds. The highest BCUT2D eigenvalue weighted by atomic mass is 35.5.